The number of allylic oxidation sites excluding steroid dienone is 1. The van der Waals surface area contributed by atoms with Gasteiger partial charge in [0.05, 0.1) is 16.7 Å². The van der Waals surface area contributed by atoms with E-state index < -0.39 is 9.84 Å². The molecule has 7 heteroatoms. The van der Waals surface area contributed by atoms with E-state index >= 15 is 0 Å². The molecule has 3 rings (SSSR count). The number of sulfone groups is 1. The van der Waals surface area contributed by atoms with E-state index in [1.807, 2.05) is 24.3 Å². The van der Waals surface area contributed by atoms with Gasteiger partial charge in [0, 0.05) is 29.2 Å². The van der Waals surface area contributed by atoms with E-state index in [9.17, 15) is 13.6 Å². The van der Waals surface area contributed by atoms with Gasteiger partial charge in [-0.1, -0.05) is 11.8 Å². The third-order valence-electron chi connectivity index (χ3n) is 3.89. The Labute approximate surface area is 140 Å². The topological polar surface area (TPSA) is 66.8 Å². The molecule has 1 aromatic carbocycles. The quantitative estimate of drug-likeness (QED) is 0.898. The molecule has 124 valence electrons. The molecule has 1 fully saturated rings. The predicted molar refractivity (Wildman–Crippen MR) is 89.0 cm³/mol. The standard InChI is InChI=1S/C16H19NO4S2/c18-17-9-5-14(6-10-17)22-13-1-3-15(4-2-13)23(19,20)16-7-11-21-12-8-16/h1-6,9,16,18H,7-8,10-12H2. The fourth-order valence-electron chi connectivity index (χ4n) is 2.56. The number of thioether (sulfide) groups is 1. The highest BCUT2D eigenvalue weighted by Gasteiger charge is 2.29. The molecule has 0 bridgehead atoms. The number of hydrogen-bond donors (Lipinski definition) is 1. The van der Waals surface area contributed by atoms with Crippen molar-refractivity contribution in [3.63, 3.8) is 0 Å². The van der Waals surface area contributed by atoms with Crippen LogP contribution in [-0.4, -0.2) is 43.7 Å². The molecule has 2 aliphatic heterocycles. The first kappa shape index (κ1) is 16.6. The van der Waals surface area contributed by atoms with E-state index in [1.54, 1.807) is 30.1 Å². The van der Waals surface area contributed by atoms with Gasteiger partial charge in [0.2, 0.25) is 0 Å². The molecule has 0 unspecified atom stereocenters. The SMILES string of the molecule is O=S(=O)(c1ccc(SC2=CCN(O)C=C2)cc1)C1CCOCC1. The Hall–Kier alpha value is -1.28. The van der Waals surface area contributed by atoms with Crippen molar-refractivity contribution in [2.24, 2.45) is 0 Å². The van der Waals surface area contributed by atoms with Crippen LogP contribution in [0.25, 0.3) is 0 Å². The molecule has 5 nitrogen and oxygen atoms in total. The molecule has 0 atom stereocenters. The Morgan fingerprint density at radius 2 is 1.87 bits per heavy atom. The predicted octanol–water partition coefficient (Wildman–Crippen LogP) is 2.83. The Morgan fingerprint density at radius 1 is 1.17 bits per heavy atom. The van der Waals surface area contributed by atoms with Gasteiger partial charge in [-0.3, -0.25) is 10.3 Å². The minimum atomic E-state index is -3.28. The lowest BCUT2D eigenvalue weighted by molar-refractivity contribution is -0.0303. The van der Waals surface area contributed by atoms with E-state index in [2.05, 4.69) is 0 Å². The van der Waals surface area contributed by atoms with E-state index in [4.69, 9.17) is 4.74 Å². The van der Waals surface area contributed by atoms with Crippen molar-refractivity contribution >= 4 is 21.6 Å². The summed E-state index contributed by atoms with van der Waals surface area (Å²) in [4.78, 5) is 2.37. The fourth-order valence-corrected chi connectivity index (χ4v) is 5.10. The summed E-state index contributed by atoms with van der Waals surface area (Å²) in [5, 5.41) is 10.0. The summed E-state index contributed by atoms with van der Waals surface area (Å²) in [5.74, 6) is 0. The lowest BCUT2D eigenvalue weighted by atomic mass is 10.2. The lowest BCUT2D eigenvalue weighted by Crippen LogP contribution is -2.28. The van der Waals surface area contributed by atoms with Gasteiger partial charge in [-0.05, 0) is 49.3 Å². The maximum atomic E-state index is 12.6. The molecule has 1 N–H and O–H groups in total. The summed E-state index contributed by atoms with van der Waals surface area (Å²) in [6, 6.07) is 7.02. The van der Waals surface area contributed by atoms with Gasteiger partial charge in [-0.2, -0.15) is 0 Å². The van der Waals surface area contributed by atoms with Crippen molar-refractivity contribution < 1.29 is 18.4 Å². The fraction of sp³-hybridized carbons (Fsp3) is 0.375. The number of nitrogens with zero attached hydrogens (tertiary/aromatic N) is 1. The molecule has 2 aliphatic rings. The molecule has 0 aliphatic carbocycles. The zero-order valence-corrected chi connectivity index (χ0v) is 14.2. The van der Waals surface area contributed by atoms with Crippen LogP contribution in [0.4, 0.5) is 0 Å². The Balaban J connectivity index is 1.70. The monoisotopic (exact) mass is 353 g/mol. The van der Waals surface area contributed by atoms with E-state index in [-0.39, 0.29) is 5.25 Å². The highest BCUT2D eigenvalue weighted by Crippen LogP contribution is 2.31. The number of ether oxygens (including phenoxy) is 1. The van der Waals surface area contributed by atoms with Crippen LogP contribution in [0.1, 0.15) is 12.8 Å². The van der Waals surface area contributed by atoms with Gasteiger partial charge in [0.15, 0.2) is 9.84 Å². The molecule has 0 radical (unpaired) electrons. The number of rotatable bonds is 4. The first-order valence-electron chi connectivity index (χ1n) is 7.49. The van der Waals surface area contributed by atoms with Crippen molar-refractivity contribution in [1.29, 1.82) is 0 Å². The Morgan fingerprint density at radius 3 is 2.48 bits per heavy atom. The number of hydroxylamine groups is 2. The van der Waals surface area contributed by atoms with Crippen LogP contribution < -0.4 is 0 Å². The highest BCUT2D eigenvalue weighted by atomic mass is 32.2. The second-order valence-electron chi connectivity index (χ2n) is 5.47. The van der Waals surface area contributed by atoms with Gasteiger partial charge in [0.25, 0.3) is 0 Å². The van der Waals surface area contributed by atoms with Crippen LogP contribution >= 0.6 is 11.8 Å². The molecule has 0 saturated carbocycles. The van der Waals surface area contributed by atoms with Crippen molar-refractivity contribution in [2.45, 2.75) is 27.9 Å². The summed E-state index contributed by atoms with van der Waals surface area (Å²) in [6.07, 6.45) is 6.47. The molecule has 2 heterocycles. The normalized spacial score (nSPS) is 19.7. The van der Waals surface area contributed by atoms with Crippen LogP contribution in [0.5, 0.6) is 0 Å². The first-order chi connectivity index (χ1) is 11.1. The Bertz CT molecular complexity index is 704. The lowest BCUT2D eigenvalue weighted by Gasteiger charge is -2.22. The van der Waals surface area contributed by atoms with Crippen molar-refractivity contribution in [3.8, 4) is 0 Å². The van der Waals surface area contributed by atoms with Gasteiger partial charge in [-0.25, -0.2) is 8.42 Å². The van der Waals surface area contributed by atoms with Crippen molar-refractivity contribution in [2.75, 3.05) is 19.8 Å². The van der Waals surface area contributed by atoms with Crippen LogP contribution in [0.2, 0.25) is 0 Å². The summed E-state index contributed by atoms with van der Waals surface area (Å²) in [5.41, 5.74) is 0. The van der Waals surface area contributed by atoms with Crippen molar-refractivity contribution in [3.05, 3.63) is 47.5 Å². The van der Waals surface area contributed by atoms with Crippen LogP contribution in [0.3, 0.4) is 0 Å². The average Bonchev–Trinajstić information content (AvgIpc) is 2.58. The van der Waals surface area contributed by atoms with Gasteiger partial charge in [-0.15, -0.1) is 0 Å². The van der Waals surface area contributed by atoms with E-state index in [0.717, 1.165) is 14.9 Å². The second kappa shape index (κ2) is 7.09. The maximum Gasteiger partial charge on any atom is 0.181 e. The number of hydrogen-bond acceptors (Lipinski definition) is 6. The smallest absolute Gasteiger partial charge is 0.181 e. The van der Waals surface area contributed by atoms with Crippen LogP contribution in [0, 0.1) is 0 Å². The largest absolute Gasteiger partial charge is 0.381 e. The minimum Gasteiger partial charge on any atom is -0.381 e. The summed E-state index contributed by atoms with van der Waals surface area (Å²) >= 11 is 1.54. The van der Waals surface area contributed by atoms with E-state index in [1.165, 1.54) is 0 Å². The van der Waals surface area contributed by atoms with Gasteiger partial charge < -0.3 is 4.74 Å². The highest BCUT2D eigenvalue weighted by molar-refractivity contribution is 8.03. The third-order valence-corrected chi connectivity index (χ3v) is 7.21. The molecule has 1 saturated heterocycles. The van der Waals surface area contributed by atoms with Crippen LogP contribution in [0.15, 0.2) is 57.3 Å². The molecule has 1 aromatic rings. The zero-order valence-electron chi connectivity index (χ0n) is 12.6. The Kier molecular flexibility index (Phi) is 5.11. The molecule has 23 heavy (non-hydrogen) atoms. The molecule has 0 spiro atoms. The number of benzene rings is 1. The zero-order chi connectivity index (χ0) is 16.3. The average molecular weight is 353 g/mol. The summed E-state index contributed by atoms with van der Waals surface area (Å²) in [7, 11) is -3.28. The molecule has 0 amide bonds. The summed E-state index contributed by atoms with van der Waals surface area (Å²) in [6.45, 7) is 1.48. The minimum absolute atomic E-state index is 0.339. The van der Waals surface area contributed by atoms with E-state index in [0.29, 0.717) is 37.5 Å². The molecule has 0 aromatic heterocycles. The first-order valence-corrected chi connectivity index (χ1v) is 9.85. The molecular weight excluding hydrogens is 334 g/mol. The summed E-state index contributed by atoms with van der Waals surface area (Å²) < 4.78 is 30.5. The van der Waals surface area contributed by atoms with Gasteiger partial charge in [0.1, 0.15) is 0 Å². The maximum absolute atomic E-state index is 12.6. The molecular formula is C16H19NO4S2. The van der Waals surface area contributed by atoms with Crippen LogP contribution in [-0.2, 0) is 14.6 Å². The second-order valence-corrected chi connectivity index (χ2v) is 8.85. The third kappa shape index (κ3) is 3.98. The van der Waals surface area contributed by atoms with Crippen molar-refractivity contribution in [1.82, 2.24) is 5.06 Å². The van der Waals surface area contributed by atoms with Gasteiger partial charge >= 0.3 is 0 Å².